The maximum Gasteiger partial charge on any atom is 0.417 e. The fraction of sp³-hybridized carbons (Fsp3) is 0.188. The minimum Gasteiger partial charge on any atom is -0.281 e. The second-order valence-corrected chi connectivity index (χ2v) is 4.98. The maximum atomic E-state index is 13.0. The molecule has 0 radical (unpaired) electrons. The third kappa shape index (κ3) is 4.23. The van der Waals surface area contributed by atoms with Crippen LogP contribution in [0.25, 0.3) is 0 Å². The van der Waals surface area contributed by atoms with Crippen LogP contribution < -0.4 is 10.9 Å². The third-order valence-electron chi connectivity index (χ3n) is 3.09. The molecule has 1 aromatic heterocycles. The van der Waals surface area contributed by atoms with Gasteiger partial charge in [-0.1, -0.05) is 30.3 Å². The van der Waals surface area contributed by atoms with Crippen molar-refractivity contribution in [1.29, 1.82) is 5.26 Å². The van der Waals surface area contributed by atoms with Gasteiger partial charge in [-0.05, 0) is 18.6 Å². The van der Waals surface area contributed by atoms with Gasteiger partial charge in [-0.25, -0.2) is 4.98 Å². The average molecular weight is 334 g/mol. The summed E-state index contributed by atoms with van der Waals surface area (Å²) in [6.45, 7) is 1.37. The van der Waals surface area contributed by atoms with Crippen molar-refractivity contribution in [2.24, 2.45) is 0 Å². The zero-order valence-corrected chi connectivity index (χ0v) is 12.6. The molecule has 1 aromatic carbocycles. The molecule has 2 aromatic rings. The number of aryl methyl sites for hydroxylation is 1. The molecule has 5 nitrogen and oxygen atoms in total. The highest BCUT2D eigenvalue weighted by molar-refractivity contribution is 5.80. The number of pyridine rings is 1. The highest BCUT2D eigenvalue weighted by atomic mass is 19.4. The zero-order valence-electron chi connectivity index (χ0n) is 12.6. The van der Waals surface area contributed by atoms with E-state index in [4.69, 9.17) is 5.26 Å². The fourth-order valence-electron chi connectivity index (χ4n) is 2.05. The molecular weight excluding hydrogens is 321 g/mol. The summed E-state index contributed by atoms with van der Waals surface area (Å²) in [5.74, 6) is -0.812. The zero-order chi connectivity index (χ0) is 17.7. The molecule has 0 fully saturated rings. The van der Waals surface area contributed by atoms with Crippen LogP contribution in [-0.2, 0) is 17.4 Å². The predicted molar refractivity (Wildman–Crippen MR) is 80.6 cm³/mol. The summed E-state index contributed by atoms with van der Waals surface area (Å²) in [6, 6.07) is 11.1. The van der Waals surface area contributed by atoms with Crippen molar-refractivity contribution in [3.05, 3.63) is 58.8 Å². The van der Waals surface area contributed by atoms with Crippen molar-refractivity contribution in [2.45, 2.75) is 19.5 Å². The van der Waals surface area contributed by atoms with Crippen molar-refractivity contribution in [3.8, 4) is 6.07 Å². The van der Waals surface area contributed by atoms with Gasteiger partial charge >= 0.3 is 6.18 Å². The first kappa shape index (κ1) is 17.3. The molecule has 0 saturated carbocycles. The van der Waals surface area contributed by atoms with Crippen molar-refractivity contribution in [1.82, 2.24) is 10.4 Å². The Morgan fingerprint density at radius 1 is 1.29 bits per heavy atom. The van der Waals surface area contributed by atoms with Crippen LogP contribution in [0.5, 0.6) is 0 Å². The molecule has 0 bridgehead atoms. The average Bonchev–Trinajstić information content (AvgIpc) is 2.52. The van der Waals surface area contributed by atoms with Crippen LogP contribution in [0.2, 0.25) is 0 Å². The van der Waals surface area contributed by atoms with Gasteiger partial charge in [0, 0.05) is 5.69 Å². The first-order valence-electron chi connectivity index (χ1n) is 6.89. The smallest absolute Gasteiger partial charge is 0.281 e. The molecule has 0 unspecified atom stereocenters. The van der Waals surface area contributed by atoms with Crippen LogP contribution in [0.15, 0.2) is 36.4 Å². The molecule has 0 spiro atoms. The Morgan fingerprint density at radius 2 is 1.96 bits per heavy atom. The summed E-state index contributed by atoms with van der Waals surface area (Å²) < 4.78 is 39.0. The van der Waals surface area contributed by atoms with Gasteiger partial charge in [0.05, 0.1) is 12.0 Å². The SMILES string of the molecule is Cc1cc(C(F)(F)F)c(C#N)c(NNC(=O)Cc2ccccc2)n1. The second-order valence-electron chi connectivity index (χ2n) is 4.98. The molecule has 24 heavy (non-hydrogen) atoms. The topological polar surface area (TPSA) is 77.8 Å². The molecule has 1 heterocycles. The summed E-state index contributed by atoms with van der Waals surface area (Å²) in [5, 5.41) is 9.01. The Kier molecular flexibility index (Phi) is 5.04. The standard InChI is InChI=1S/C16H13F3N4O/c1-10-7-13(16(17,18)19)12(9-20)15(21-10)23-22-14(24)8-11-5-3-2-4-6-11/h2-7H,8H2,1H3,(H,21,23)(H,22,24). The van der Waals surface area contributed by atoms with Crippen LogP contribution in [0.4, 0.5) is 19.0 Å². The molecule has 0 saturated heterocycles. The lowest BCUT2D eigenvalue weighted by molar-refractivity contribution is -0.137. The Balaban J connectivity index is 2.17. The minimum absolute atomic E-state index is 0.0354. The molecular formula is C16H13F3N4O. The number of hydrogen-bond donors (Lipinski definition) is 2. The number of carbonyl (C=O) groups is 1. The lowest BCUT2D eigenvalue weighted by atomic mass is 10.1. The first-order chi connectivity index (χ1) is 11.3. The van der Waals surface area contributed by atoms with Gasteiger partial charge in [0.25, 0.3) is 0 Å². The van der Waals surface area contributed by atoms with E-state index in [1.807, 2.05) is 0 Å². The molecule has 2 rings (SSSR count). The van der Waals surface area contributed by atoms with E-state index < -0.39 is 23.2 Å². The largest absolute Gasteiger partial charge is 0.417 e. The molecule has 0 aliphatic heterocycles. The Bertz CT molecular complexity index is 782. The van der Waals surface area contributed by atoms with Gasteiger partial charge in [0.2, 0.25) is 5.91 Å². The Labute approximate surface area is 136 Å². The first-order valence-corrected chi connectivity index (χ1v) is 6.89. The quantitative estimate of drug-likeness (QED) is 0.843. The van der Waals surface area contributed by atoms with Gasteiger partial charge in [-0.3, -0.25) is 15.6 Å². The van der Waals surface area contributed by atoms with Crippen LogP contribution in [0.3, 0.4) is 0 Å². The highest BCUT2D eigenvalue weighted by Crippen LogP contribution is 2.34. The van der Waals surface area contributed by atoms with Gasteiger partial charge in [0.1, 0.15) is 11.6 Å². The number of hydrazine groups is 1. The van der Waals surface area contributed by atoms with E-state index in [0.717, 1.165) is 11.6 Å². The van der Waals surface area contributed by atoms with E-state index in [9.17, 15) is 18.0 Å². The molecule has 0 aliphatic rings. The molecule has 0 atom stereocenters. The number of benzene rings is 1. The van der Waals surface area contributed by atoms with E-state index in [0.29, 0.717) is 0 Å². The van der Waals surface area contributed by atoms with Crippen LogP contribution >= 0.6 is 0 Å². The summed E-state index contributed by atoms with van der Waals surface area (Å²) in [4.78, 5) is 15.7. The van der Waals surface area contributed by atoms with E-state index in [1.54, 1.807) is 30.3 Å². The van der Waals surface area contributed by atoms with Crippen molar-refractivity contribution in [2.75, 3.05) is 5.43 Å². The van der Waals surface area contributed by atoms with Crippen LogP contribution in [0.1, 0.15) is 22.4 Å². The number of carbonyl (C=O) groups excluding carboxylic acids is 1. The lowest BCUT2D eigenvalue weighted by Gasteiger charge is -2.14. The number of amides is 1. The fourth-order valence-corrected chi connectivity index (χ4v) is 2.05. The van der Waals surface area contributed by atoms with Crippen molar-refractivity contribution >= 4 is 11.7 Å². The monoisotopic (exact) mass is 334 g/mol. The van der Waals surface area contributed by atoms with E-state index in [2.05, 4.69) is 15.8 Å². The number of nitriles is 1. The number of aromatic nitrogens is 1. The van der Waals surface area contributed by atoms with Gasteiger partial charge in [-0.15, -0.1) is 0 Å². The van der Waals surface area contributed by atoms with Crippen molar-refractivity contribution in [3.63, 3.8) is 0 Å². The molecule has 2 N–H and O–H groups in total. The molecule has 124 valence electrons. The minimum atomic E-state index is -4.69. The van der Waals surface area contributed by atoms with E-state index in [-0.39, 0.29) is 17.9 Å². The maximum absolute atomic E-state index is 13.0. The van der Waals surface area contributed by atoms with Gasteiger partial charge in [-0.2, -0.15) is 18.4 Å². The number of nitrogens with one attached hydrogen (secondary N) is 2. The number of halogens is 3. The normalized spacial score (nSPS) is 10.8. The number of alkyl halides is 3. The molecule has 1 amide bonds. The van der Waals surface area contributed by atoms with Crippen LogP contribution in [0, 0.1) is 18.3 Å². The van der Waals surface area contributed by atoms with E-state index >= 15 is 0 Å². The number of rotatable bonds is 4. The summed E-state index contributed by atoms with van der Waals surface area (Å²) in [6.07, 6.45) is -4.66. The summed E-state index contributed by atoms with van der Waals surface area (Å²) in [5.41, 5.74) is 3.60. The third-order valence-corrected chi connectivity index (χ3v) is 3.09. The number of anilines is 1. The summed E-state index contributed by atoms with van der Waals surface area (Å²) >= 11 is 0. The second kappa shape index (κ2) is 7.00. The number of nitrogens with zero attached hydrogens (tertiary/aromatic N) is 2. The molecule has 0 aliphatic carbocycles. The van der Waals surface area contributed by atoms with E-state index in [1.165, 1.54) is 13.0 Å². The summed E-state index contributed by atoms with van der Waals surface area (Å²) in [7, 11) is 0. The Hall–Kier alpha value is -3.08. The van der Waals surface area contributed by atoms with Crippen LogP contribution in [-0.4, -0.2) is 10.9 Å². The molecule has 8 heteroatoms. The van der Waals surface area contributed by atoms with Gasteiger partial charge < -0.3 is 0 Å². The lowest BCUT2D eigenvalue weighted by Crippen LogP contribution is -2.32. The highest BCUT2D eigenvalue weighted by Gasteiger charge is 2.35. The number of hydrogen-bond acceptors (Lipinski definition) is 4. The van der Waals surface area contributed by atoms with Gasteiger partial charge in [0.15, 0.2) is 5.82 Å². The Morgan fingerprint density at radius 3 is 2.54 bits per heavy atom. The van der Waals surface area contributed by atoms with Crippen molar-refractivity contribution < 1.29 is 18.0 Å². The predicted octanol–water partition coefficient (Wildman–Crippen LogP) is 2.97.